The maximum absolute atomic E-state index is 13.1. The van der Waals surface area contributed by atoms with Gasteiger partial charge in [-0.1, -0.05) is 5.22 Å². The van der Waals surface area contributed by atoms with Crippen LogP contribution >= 0.6 is 0 Å². The number of ether oxygens (including phenoxy) is 1. The molecule has 2 heterocycles. The zero-order valence-corrected chi connectivity index (χ0v) is 15.3. The van der Waals surface area contributed by atoms with E-state index in [0.717, 1.165) is 17.0 Å². The molecule has 0 spiro atoms. The van der Waals surface area contributed by atoms with E-state index >= 15 is 0 Å². The number of carbonyl (C=O) groups excluding carboxylic acids is 3. The first-order chi connectivity index (χ1) is 14.0. The van der Waals surface area contributed by atoms with Crippen molar-refractivity contribution in [2.45, 2.75) is 12.1 Å². The Bertz CT molecular complexity index is 993. The zero-order valence-electron chi connectivity index (χ0n) is 15.3. The molecule has 0 aliphatic carbocycles. The molecule has 0 radical (unpaired) electrons. The number of methoxy groups -OCH3 is 1. The van der Waals surface area contributed by atoms with E-state index in [1.54, 1.807) is 24.3 Å². The van der Waals surface area contributed by atoms with Crippen molar-refractivity contribution in [3.63, 3.8) is 0 Å². The number of halogens is 1. The van der Waals surface area contributed by atoms with Crippen molar-refractivity contribution in [2.24, 2.45) is 10.3 Å². The number of rotatable bonds is 5. The molecule has 3 amide bonds. The van der Waals surface area contributed by atoms with Gasteiger partial charge in [-0.3, -0.25) is 19.4 Å². The van der Waals surface area contributed by atoms with Crippen molar-refractivity contribution in [1.29, 1.82) is 0 Å². The van der Waals surface area contributed by atoms with E-state index < -0.39 is 35.6 Å². The molecule has 1 fully saturated rings. The van der Waals surface area contributed by atoms with Crippen LogP contribution in [0, 0.1) is 5.82 Å². The van der Waals surface area contributed by atoms with Crippen LogP contribution < -0.4 is 15.0 Å². The van der Waals surface area contributed by atoms with Gasteiger partial charge in [-0.25, -0.2) is 9.29 Å². The monoisotopic (exact) mass is 397 g/mol. The van der Waals surface area contributed by atoms with Crippen LogP contribution in [0.4, 0.5) is 15.8 Å². The molecule has 2 aromatic carbocycles. The minimum Gasteiger partial charge on any atom is -0.497 e. The molecule has 0 aromatic heterocycles. The highest BCUT2D eigenvalue weighted by Crippen LogP contribution is 2.31. The van der Waals surface area contributed by atoms with Crippen LogP contribution in [0.15, 0.2) is 58.9 Å². The number of anilines is 2. The number of benzene rings is 2. The number of amides is 3. The molecule has 2 aliphatic heterocycles. The summed E-state index contributed by atoms with van der Waals surface area (Å²) in [6.45, 7) is -0.257. The molecule has 10 heteroatoms. The van der Waals surface area contributed by atoms with Crippen LogP contribution in [0.3, 0.4) is 0 Å². The fraction of sp³-hybridized carbons (Fsp3) is 0.211. The van der Waals surface area contributed by atoms with E-state index in [-0.39, 0.29) is 12.2 Å². The van der Waals surface area contributed by atoms with Crippen LogP contribution in [-0.2, 0) is 14.4 Å². The quantitative estimate of drug-likeness (QED) is 0.775. The molecule has 0 bridgehead atoms. The summed E-state index contributed by atoms with van der Waals surface area (Å²) in [4.78, 5) is 38.7. The molecule has 1 saturated heterocycles. The Balaban J connectivity index is 1.45. The first-order valence-electron chi connectivity index (χ1n) is 8.72. The summed E-state index contributed by atoms with van der Waals surface area (Å²) in [5.74, 6) is -1.38. The second-order valence-electron chi connectivity index (χ2n) is 6.46. The average molecular weight is 397 g/mol. The number of fused-ring (bicyclic) bond motifs is 1. The summed E-state index contributed by atoms with van der Waals surface area (Å²) in [5, 5.41) is 11.5. The highest BCUT2D eigenvalue weighted by molar-refractivity contribution is 6.25. The number of nitrogens with one attached hydrogen (secondary N) is 1. The number of carbonyl (C=O) groups is 3. The number of imide groups is 1. The Hall–Kier alpha value is -3.82. The second kappa shape index (κ2) is 7.30. The van der Waals surface area contributed by atoms with Crippen LogP contribution in [0.25, 0.3) is 0 Å². The topological polar surface area (TPSA) is 104 Å². The summed E-state index contributed by atoms with van der Waals surface area (Å²) in [7, 11) is 1.54. The standard InChI is InChI=1S/C19H16FN5O4/c1-29-14-8-4-12(5-9-14)21-15(26)10-24-17-16(22-23-24)18(27)25(19(17)28)13-6-2-11(20)3-7-13/h2-9,16-17H,10H2,1H3,(H,21,26)/t16-,17+/m0/s1. The van der Waals surface area contributed by atoms with Gasteiger partial charge in [0.25, 0.3) is 11.8 Å². The van der Waals surface area contributed by atoms with Crippen molar-refractivity contribution in [2.75, 3.05) is 23.9 Å². The minimum absolute atomic E-state index is 0.244. The van der Waals surface area contributed by atoms with Gasteiger partial charge >= 0.3 is 0 Å². The van der Waals surface area contributed by atoms with Gasteiger partial charge in [0, 0.05) is 5.69 Å². The highest BCUT2D eigenvalue weighted by atomic mass is 19.1. The van der Waals surface area contributed by atoms with E-state index in [4.69, 9.17) is 4.74 Å². The Kier molecular flexibility index (Phi) is 4.67. The van der Waals surface area contributed by atoms with E-state index in [1.165, 1.54) is 24.3 Å². The second-order valence-corrected chi connectivity index (χ2v) is 6.46. The van der Waals surface area contributed by atoms with E-state index in [1.807, 2.05) is 0 Å². The molecular formula is C19H16FN5O4. The number of hydrogen-bond donors (Lipinski definition) is 1. The van der Waals surface area contributed by atoms with Crippen LogP contribution in [-0.4, -0.2) is 48.5 Å². The molecule has 29 heavy (non-hydrogen) atoms. The smallest absolute Gasteiger partial charge is 0.263 e. The highest BCUT2D eigenvalue weighted by Gasteiger charge is 2.55. The minimum atomic E-state index is -1.03. The lowest BCUT2D eigenvalue weighted by Crippen LogP contribution is -2.43. The normalized spacial score (nSPS) is 20.2. The van der Waals surface area contributed by atoms with Gasteiger partial charge in [0.15, 0.2) is 12.1 Å². The first-order valence-corrected chi connectivity index (χ1v) is 8.72. The summed E-state index contributed by atoms with van der Waals surface area (Å²) < 4.78 is 18.2. The summed E-state index contributed by atoms with van der Waals surface area (Å²) >= 11 is 0. The fourth-order valence-corrected chi connectivity index (χ4v) is 3.22. The Morgan fingerprint density at radius 1 is 1.10 bits per heavy atom. The lowest BCUT2D eigenvalue weighted by Gasteiger charge is -2.20. The number of hydrogen-bond acceptors (Lipinski definition) is 7. The van der Waals surface area contributed by atoms with Gasteiger partial charge in [-0.15, -0.1) is 0 Å². The predicted octanol–water partition coefficient (Wildman–Crippen LogP) is 1.77. The molecule has 4 rings (SSSR count). The lowest BCUT2D eigenvalue weighted by atomic mass is 10.1. The van der Waals surface area contributed by atoms with Crippen molar-refractivity contribution >= 4 is 29.1 Å². The van der Waals surface area contributed by atoms with Gasteiger partial charge in [-0.05, 0) is 48.5 Å². The SMILES string of the molecule is COc1ccc(NC(=O)CN2N=N[C@@H]3C(=O)N(c4ccc(F)cc4)C(=O)[C@@H]32)cc1. The maximum atomic E-state index is 13.1. The largest absolute Gasteiger partial charge is 0.497 e. The van der Waals surface area contributed by atoms with Crippen LogP contribution in [0.2, 0.25) is 0 Å². The Labute approximate surface area is 164 Å². The predicted molar refractivity (Wildman–Crippen MR) is 99.7 cm³/mol. The molecular weight excluding hydrogens is 381 g/mol. The molecule has 2 aliphatic rings. The third kappa shape index (κ3) is 3.40. The van der Waals surface area contributed by atoms with Gasteiger partial charge in [0.05, 0.1) is 12.8 Å². The molecule has 9 nitrogen and oxygen atoms in total. The van der Waals surface area contributed by atoms with Gasteiger partial charge in [0.2, 0.25) is 5.91 Å². The first kappa shape index (κ1) is 18.5. The molecule has 2 atom stereocenters. The van der Waals surface area contributed by atoms with Crippen LogP contribution in [0.1, 0.15) is 0 Å². The maximum Gasteiger partial charge on any atom is 0.263 e. The van der Waals surface area contributed by atoms with Crippen molar-refractivity contribution in [1.82, 2.24) is 5.01 Å². The van der Waals surface area contributed by atoms with Crippen molar-refractivity contribution < 1.29 is 23.5 Å². The summed E-state index contributed by atoms with van der Waals surface area (Å²) in [5.41, 5.74) is 0.791. The van der Waals surface area contributed by atoms with Crippen molar-refractivity contribution in [3.05, 3.63) is 54.3 Å². The van der Waals surface area contributed by atoms with E-state index in [0.29, 0.717) is 11.4 Å². The Morgan fingerprint density at radius 2 is 1.79 bits per heavy atom. The molecule has 2 aromatic rings. The average Bonchev–Trinajstić information content (AvgIpc) is 3.23. The van der Waals surface area contributed by atoms with E-state index in [9.17, 15) is 18.8 Å². The van der Waals surface area contributed by atoms with Crippen molar-refractivity contribution in [3.8, 4) is 5.75 Å². The van der Waals surface area contributed by atoms with Crippen LogP contribution in [0.5, 0.6) is 5.75 Å². The van der Waals surface area contributed by atoms with E-state index in [2.05, 4.69) is 15.7 Å². The molecule has 0 unspecified atom stereocenters. The van der Waals surface area contributed by atoms with Gasteiger partial charge in [-0.2, -0.15) is 5.11 Å². The third-order valence-electron chi connectivity index (χ3n) is 4.62. The number of nitrogens with zero attached hydrogens (tertiary/aromatic N) is 4. The summed E-state index contributed by atoms with van der Waals surface area (Å²) in [6.07, 6.45) is 0. The Morgan fingerprint density at radius 3 is 2.45 bits per heavy atom. The summed E-state index contributed by atoms with van der Waals surface area (Å²) in [6, 6.07) is 9.69. The molecule has 148 valence electrons. The molecule has 0 saturated carbocycles. The fourth-order valence-electron chi connectivity index (χ4n) is 3.22. The third-order valence-corrected chi connectivity index (χ3v) is 4.62. The molecule has 1 N–H and O–H groups in total. The zero-order chi connectivity index (χ0) is 20.5. The van der Waals surface area contributed by atoms with Gasteiger partial charge in [0.1, 0.15) is 18.1 Å². The van der Waals surface area contributed by atoms with Gasteiger partial charge < -0.3 is 10.1 Å². The lowest BCUT2D eigenvalue weighted by molar-refractivity contribution is -0.123.